The maximum Gasteiger partial charge on any atom is 0.173 e. The van der Waals surface area contributed by atoms with Crippen molar-refractivity contribution in [1.29, 1.82) is 0 Å². The molecule has 7 heteroatoms. The number of anilines is 2. The predicted octanol–water partition coefficient (Wildman–Crippen LogP) is 3.68. The maximum atomic E-state index is 5.81. The van der Waals surface area contributed by atoms with Gasteiger partial charge in [0.15, 0.2) is 5.11 Å². The van der Waals surface area contributed by atoms with E-state index in [0.717, 1.165) is 68.9 Å². The summed E-state index contributed by atoms with van der Waals surface area (Å²) in [5, 5.41) is 4.12. The van der Waals surface area contributed by atoms with Crippen LogP contribution in [0.3, 0.4) is 0 Å². The molecule has 1 heterocycles. The number of hydrogen-bond donors (Lipinski definition) is 1. The van der Waals surface area contributed by atoms with E-state index in [2.05, 4.69) is 58.4 Å². The first-order valence-electron chi connectivity index (χ1n) is 10.8. The zero-order chi connectivity index (χ0) is 22.1. The smallest absolute Gasteiger partial charge is 0.173 e. The molecule has 168 valence electrons. The average Bonchev–Trinajstić information content (AvgIpc) is 2.79. The molecule has 0 aromatic heterocycles. The second-order valence-corrected chi connectivity index (χ2v) is 8.34. The summed E-state index contributed by atoms with van der Waals surface area (Å²) in [6, 6.07) is 16.5. The average molecular weight is 443 g/mol. The van der Waals surface area contributed by atoms with Crippen molar-refractivity contribution in [2.75, 3.05) is 70.8 Å². The summed E-state index contributed by atoms with van der Waals surface area (Å²) in [5.74, 6) is 0.811. The van der Waals surface area contributed by atoms with Crippen molar-refractivity contribution in [2.24, 2.45) is 0 Å². The molecule has 0 aliphatic carbocycles. The van der Waals surface area contributed by atoms with Gasteiger partial charge >= 0.3 is 0 Å². The minimum Gasteiger partial charge on any atom is -0.497 e. The number of morpholine rings is 1. The minimum atomic E-state index is 0.729. The summed E-state index contributed by atoms with van der Waals surface area (Å²) in [6.45, 7) is 6.41. The quantitative estimate of drug-likeness (QED) is 0.594. The Bertz CT molecular complexity index is 823. The van der Waals surface area contributed by atoms with E-state index in [1.54, 1.807) is 7.11 Å². The van der Waals surface area contributed by atoms with Crippen molar-refractivity contribution in [3.8, 4) is 5.75 Å². The summed E-state index contributed by atoms with van der Waals surface area (Å²) in [4.78, 5) is 6.82. The van der Waals surface area contributed by atoms with Gasteiger partial charge in [0.25, 0.3) is 0 Å². The van der Waals surface area contributed by atoms with Crippen LogP contribution < -0.4 is 15.0 Å². The molecule has 31 heavy (non-hydrogen) atoms. The van der Waals surface area contributed by atoms with E-state index in [4.69, 9.17) is 21.7 Å². The SMILES string of the molecule is COc1cccc(NC(=S)N(CCCN2CCOCC2)Cc2ccc(N(C)C)cc2)c1. The second-order valence-electron chi connectivity index (χ2n) is 7.95. The fourth-order valence-electron chi connectivity index (χ4n) is 3.59. The van der Waals surface area contributed by atoms with Crippen molar-refractivity contribution in [3.63, 3.8) is 0 Å². The van der Waals surface area contributed by atoms with Gasteiger partial charge in [-0.1, -0.05) is 18.2 Å². The van der Waals surface area contributed by atoms with Crippen molar-refractivity contribution < 1.29 is 9.47 Å². The van der Waals surface area contributed by atoms with Crippen molar-refractivity contribution in [3.05, 3.63) is 54.1 Å². The van der Waals surface area contributed by atoms with Gasteiger partial charge < -0.3 is 24.6 Å². The fourth-order valence-corrected chi connectivity index (χ4v) is 3.86. The van der Waals surface area contributed by atoms with Gasteiger partial charge in [-0.3, -0.25) is 4.90 Å². The monoisotopic (exact) mass is 442 g/mol. The molecular formula is C24H34N4O2S. The number of nitrogens with zero attached hydrogens (tertiary/aromatic N) is 3. The molecule has 0 unspecified atom stereocenters. The Balaban J connectivity index is 1.65. The first-order valence-corrected chi connectivity index (χ1v) is 11.2. The molecule has 1 aliphatic heterocycles. The zero-order valence-corrected chi connectivity index (χ0v) is 19.7. The molecule has 2 aromatic carbocycles. The summed E-state index contributed by atoms with van der Waals surface area (Å²) < 4.78 is 10.8. The van der Waals surface area contributed by atoms with Gasteiger partial charge in [-0.2, -0.15) is 0 Å². The molecule has 3 rings (SSSR count). The third-order valence-electron chi connectivity index (χ3n) is 5.44. The van der Waals surface area contributed by atoms with E-state index in [1.165, 1.54) is 11.3 Å². The van der Waals surface area contributed by atoms with Gasteiger partial charge in [0, 0.05) is 64.3 Å². The van der Waals surface area contributed by atoms with Crippen LogP contribution in [0.5, 0.6) is 5.75 Å². The van der Waals surface area contributed by atoms with Crippen LogP contribution in [0.2, 0.25) is 0 Å². The number of thiocarbonyl (C=S) groups is 1. The Morgan fingerprint density at radius 2 is 1.87 bits per heavy atom. The zero-order valence-electron chi connectivity index (χ0n) is 18.8. The van der Waals surface area contributed by atoms with Gasteiger partial charge in [0.2, 0.25) is 0 Å². The second kappa shape index (κ2) is 11.9. The van der Waals surface area contributed by atoms with E-state index in [-0.39, 0.29) is 0 Å². The third-order valence-corrected chi connectivity index (χ3v) is 5.80. The highest BCUT2D eigenvalue weighted by atomic mass is 32.1. The number of nitrogens with one attached hydrogen (secondary N) is 1. The summed E-state index contributed by atoms with van der Waals surface area (Å²) >= 11 is 5.81. The molecule has 0 spiro atoms. The van der Waals surface area contributed by atoms with Crippen molar-refractivity contribution in [2.45, 2.75) is 13.0 Å². The highest BCUT2D eigenvalue weighted by molar-refractivity contribution is 7.80. The number of ether oxygens (including phenoxy) is 2. The lowest BCUT2D eigenvalue weighted by Gasteiger charge is -2.30. The van der Waals surface area contributed by atoms with Crippen LogP contribution in [0, 0.1) is 0 Å². The molecule has 0 saturated carbocycles. The first kappa shape index (κ1) is 23.3. The van der Waals surface area contributed by atoms with Crippen LogP contribution in [0.1, 0.15) is 12.0 Å². The topological polar surface area (TPSA) is 40.2 Å². The molecule has 0 bridgehead atoms. The molecule has 0 radical (unpaired) electrons. The molecule has 6 nitrogen and oxygen atoms in total. The molecule has 2 aromatic rings. The highest BCUT2D eigenvalue weighted by Gasteiger charge is 2.14. The number of hydrogen-bond acceptors (Lipinski definition) is 5. The Morgan fingerprint density at radius 3 is 2.55 bits per heavy atom. The van der Waals surface area contributed by atoms with E-state index < -0.39 is 0 Å². The van der Waals surface area contributed by atoms with E-state index in [0.29, 0.717) is 0 Å². The maximum absolute atomic E-state index is 5.81. The van der Waals surface area contributed by atoms with Crippen LogP contribution in [0.4, 0.5) is 11.4 Å². The van der Waals surface area contributed by atoms with Crippen molar-refractivity contribution in [1.82, 2.24) is 9.80 Å². The molecule has 0 amide bonds. The summed E-state index contributed by atoms with van der Waals surface area (Å²) in [5.41, 5.74) is 3.37. The lowest BCUT2D eigenvalue weighted by molar-refractivity contribution is 0.0368. The Kier molecular flexibility index (Phi) is 8.94. The standard InChI is InChI=1S/C24H34N4O2S/c1-26(2)22-10-8-20(9-11-22)19-28(13-5-12-27-14-16-30-17-15-27)24(31)25-21-6-4-7-23(18-21)29-3/h4,6-11,18H,5,12-17,19H2,1-3H3,(H,25,31). The number of methoxy groups -OCH3 is 1. The Labute approximate surface area is 191 Å². The van der Waals surface area contributed by atoms with Gasteiger partial charge in [0.1, 0.15) is 5.75 Å². The fraction of sp³-hybridized carbons (Fsp3) is 0.458. The molecule has 1 fully saturated rings. The normalized spacial score (nSPS) is 14.2. The van der Waals surface area contributed by atoms with Gasteiger partial charge in [-0.15, -0.1) is 0 Å². The van der Waals surface area contributed by atoms with Crippen molar-refractivity contribution >= 4 is 28.7 Å². The van der Waals surface area contributed by atoms with Gasteiger partial charge in [-0.25, -0.2) is 0 Å². The lowest BCUT2D eigenvalue weighted by Crippen LogP contribution is -2.40. The Hall–Kier alpha value is -2.35. The predicted molar refractivity (Wildman–Crippen MR) is 132 cm³/mol. The third kappa shape index (κ3) is 7.38. The Morgan fingerprint density at radius 1 is 1.13 bits per heavy atom. The molecule has 1 N–H and O–H groups in total. The van der Waals surface area contributed by atoms with Crippen LogP contribution in [-0.2, 0) is 11.3 Å². The van der Waals surface area contributed by atoms with E-state index in [9.17, 15) is 0 Å². The van der Waals surface area contributed by atoms with E-state index >= 15 is 0 Å². The first-order chi connectivity index (χ1) is 15.0. The molecule has 1 aliphatic rings. The molecule has 0 atom stereocenters. The highest BCUT2D eigenvalue weighted by Crippen LogP contribution is 2.19. The lowest BCUT2D eigenvalue weighted by atomic mass is 10.2. The van der Waals surface area contributed by atoms with Gasteiger partial charge in [-0.05, 0) is 48.5 Å². The van der Waals surface area contributed by atoms with E-state index in [1.807, 2.05) is 24.3 Å². The van der Waals surface area contributed by atoms with Gasteiger partial charge in [0.05, 0.1) is 20.3 Å². The van der Waals surface area contributed by atoms with Crippen LogP contribution in [0.15, 0.2) is 48.5 Å². The van der Waals surface area contributed by atoms with Crippen LogP contribution in [-0.4, -0.2) is 75.5 Å². The number of rotatable bonds is 9. The number of benzene rings is 2. The molecule has 1 saturated heterocycles. The summed E-state index contributed by atoms with van der Waals surface area (Å²) in [7, 11) is 5.78. The summed E-state index contributed by atoms with van der Waals surface area (Å²) in [6.07, 6.45) is 1.05. The van der Waals surface area contributed by atoms with Crippen LogP contribution in [0.25, 0.3) is 0 Å². The molecular weight excluding hydrogens is 408 g/mol. The van der Waals surface area contributed by atoms with Crippen LogP contribution >= 0.6 is 12.2 Å². The minimum absolute atomic E-state index is 0.729. The largest absolute Gasteiger partial charge is 0.497 e.